The lowest BCUT2D eigenvalue weighted by Gasteiger charge is -2.12. The molecule has 80 valence electrons. The highest BCUT2D eigenvalue weighted by Gasteiger charge is 2.13. The molecule has 0 bridgehead atoms. The molecule has 2 aromatic rings. The van der Waals surface area contributed by atoms with Crippen molar-refractivity contribution in [3.63, 3.8) is 0 Å². The number of nitrogens with one attached hydrogen (secondary N) is 1. The summed E-state index contributed by atoms with van der Waals surface area (Å²) in [6, 6.07) is 8.28. The molecule has 1 aliphatic carbocycles. The third kappa shape index (κ3) is 1.47. The summed E-state index contributed by atoms with van der Waals surface area (Å²) in [6.07, 6.45) is 6.42. The first-order valence-electron chi connectivity index (χ1n) is 5.64. The van der Waals surface area contributed by atoms with E-state index in [1.165, 1.54) is 16.5 Å². The molecule has 0 aliphatic heterocycles. The minimum atomic E-state index is 0.254. The van der Waals surface area contributed by atoms with Crippen LogP contribution >= 0.6 is 0 Å². The Morgan fingerprint density at radius 1 is 1.12 bits per heavy atom. The minimum Gasteiger partial charge on any atom is -0.361 e. The molecular formula is C14H13NO. The second-order valence-electron chi connectivity index (χ2n) is 4.24. The average Bonchev–Trinajstić information content (AvgIpc) is 2.76. The van der Waals surface area contributed by atoms with Gasteiger partial charge in [0.05, 0.1) is 5.52 Å². The first-order valence-corrected chi connectivity index (χ1v) is 5.64. The minimum absolute atomic E-state index is 0.254. The molecule has 0 fully saturated rings. The van der Waals surface area contributed by atoms with Gasteiger partial charge in [-0.2, -0.15) is 0 Å². The zero-order valence-electron chi connectivity index (χ0n) is 8.99. The number of carbonyl (C=O) groups is 1. The molecule has 0 atom stereocenters. The number of hydrogen-bond donors (Lipinski definition) is 1. The Balaban J connectivity index is 2.18. The molecular weight excluding hydrogens is 198 g/mol. The standard InChI is InChI=1S/C14H13NO/c16-12-5-1-4-11(9-12)13-6-2-3-10-7-8-15-14(10)13/h2-3,6-9,15H,1,4-5H2. The molecule has 2 nitrogen and oxygen atoms in total. The zero-order chi connectivity index (χ0) is 11.0. The molecule has 0 radical (unpaired) electrons. The van der Waals surface area contributed by atoms with Gasteiger partial charge in [-0.25, -0.2) is 0 Å². The summed E-state index contributed by atoms with van der Waals surface area (Å²) < 4.78 is 0. The third-order valence-electron chi connectivity index (χ3n) is 3.14. The SMILES string of the molecule is O=C1C=C(c2cccc3cc[nH]c23)CCC1. The van der Waals surface area contributed by atoms with Gasteiger partial charge in [-0.1, -0.05) is 18.2 Å². The van der Waals surface area contributed by atoms with E-state index in [4.69, 9.17) is 0 Å². The van der Waals surface area contributed by atoms with Crippen LogP contribution in [0.3, 0.4) is 0 Å². The maximum absolute atomic E-state index is 11.4. The third-order valence-corrected chi connectivity index (χ3v) is 3.14. The predicted octanol–water partition coefficient (Wildman–Crippen LogP) is 3.30. The number of para-hydroxylation sites is 1. The number of carbonyl (C=O) groups excluding carboxylic acids is 1. The highest BCUT2D eigenvalue weighted by molar-refractivity contribution is 6.02. The van der Waals surface area contributed by atoms with Crippen LogP contribution in [0.15, 0.2) is 36.5 Å². The van der Waals surface area contributed by atoms with Crippen LogP contribution in [-0.4, -0.2) is 10.8 Å². The van der Waals surface area contributed by atoms with E-state index in [0.29, 0.717) is 6.42 Å². The summed E-state index contributed by atoms with van der Waals surface area (Å²) >= 11 is 0. The van der Waals surface area contributed by atoms with E-state index in [2.05, 4.69) is 23.2 Å². The monoisotopic (exact) mass is 211 g/mol. The molecule has 2 heteroatoms. The van der Waals surface area contributed by atoms with Crippen LogP contribution in [0.1, 0.15) is 24.8 Å². The van der Waals surface area contributed by atoms with Gasteiger partial charge in [0, 0.05) is 18.2 Å². The Kier molecular flexibility index (Phi) is 2.13. The zero-order valence-corrected chi connectivity index (χ0v) is 8.99. The Hall–Kier alpha value is -1.83. The Bertz CT molecular complexity index is 577. The van der Waals surface area contributed by atoms with Crippen molar-refractivity contribution in [3.8, 4) is 0 Å². The molecule has 0 amide bonds. The van der Waals surface area contributed by atoms with E-state index in [0.717, 1.165) is 18.4 Å². The molecule has 3 rings (SSSR count). The lowest BCUT2D eigenvalue weighted by Crippen LogP contribution is -2.02. The van der Waals surface area contributed by atoms with Crippen molar-refractivity contribution in [2.24, 2.45) is 0 Å². The second kappa shape index (κ2) is 3.63. The van der Waals surface area contributed by atoms with Crippen molar-refractivity contribution >= 4 is 22.3 Å². The summed E-state index contributed by atoms with van der Waals surface area (Å²) in [5.41, 5.74) is 3.49. The molecule has 0 spiro atoms. The highest BCUT2D eigenvalue weighted by Crippen LogP contribution is 2.29. The smallest absolute Gasteiger partial charge is 0.155 e. The van der Waals surface area contributed by atoms with Gasteiger partial charge in [0.15, 0.2) is 5.78 Å². The van der Waals surface area contributed by atoms with E-state index < -0.39 is 0 Å². The fourth-order valence-corrected chi connectivity index (χ4v) is 2.36. The van der Waals surface area contributed by atoms with Gasteiger partial charge in [-0.15, -0.1) is 0 Å². The van der Waals surface area contributed by atoms with Crippen LogP contribution in [0.4, 0.5) is 0 Å². The van der Waals surface area contributed by atoms with E-state index in [9.17, 15) is 4.79 Å². The summed E-state index contributed by atoms with van der Waals surface area (Å²) in [6.45, 7) is 0. The van der Waals surface area contributed by atoms with Crippen molar-refractivity contribution in [2.75, 3.05) is 0 Å². The molecule has 1 N–H and O–H groups in total. The van der Waals surface area contributed by atoms with Gasteiger partial charge >= 0.3 is 0 Å². The van der Waals surface area contributed by atoms with Crippen LogP contribution in [0, 0.1) is 0 Å². The maximum Gasteiger partial charge on any atom is 0.155 e. The Morgan fingerprint density at radius 2 is 2.06 bits per heavy atom. The predicted molar refractivity (Wildman–Crippen MR) is 65.1 cm³/mol. The van der Waals surface area contributed by atoms with Gasteiger partial charge < -0.3 is 4.98 Å². The summed E-state index contributed by atoms with van der Waals surface area (Å²) in [7, 11) is 0. The molecule has 1 heterocycles. The number of H-pyrrole nitrogens is 1. The molecule has 1 aromatic heterocycles. The first-order chi connectivity index (χ1) is 7.84. The second-order valence-corrected chi connectivity index (χ2v) is 4.24. The van der Waals surface area contributed by atoms with Gasteiger partial charge in [-0.05, 0) is 35.9 Å². The van der Waals surface area contributed by atoms with Gasteiger partial charge in [-0.3, -0.25) is 4.79 Å². The van der Waals surface area contributed by atoms with Gasteiger partial charge in [0.1, 0.15) is 0 Å². The molecule has 0 unspecified atom stereocenters. The highest BCUT2D eigenvalue weighted by atomic mass is 16.1. The summed E-state index contributed by atoms with van der Waals surface area (Å²) in [5.74, 6) is 0.254. The molecule has 0 saturated carbocycles. The molecule has 16 heavy (non-hydrogen) atoms. The van der Waals surface area contributed by atoms with Crippen LogP contribution in [-0.2, 0) is 4.79 Å². The largest absolute Gasteiger partial charge is 0.361 e. The van der Waals surface area contributed by atoms with Crippen LogP contribution in [0.5, 0.6) is 0 Å². The first kappa shape index (κ1) is 9.40. The fraction of sp³-hybridized carbons (Fsp3) is 0.214. The quantitative estimate of drug-likeness (QED) is 0.771. The number of aromatic amines is 1. The van der Waals surface area contributed by atoms with Crippen LogP contribution in [0.25, 0.3) is 16.5 Å². The van der Waals surface area contributed by atoms with Crippen molar-refractivity contribution in [1.82, 2.24) is 4.98 Å². The molecule has 1 aromatic carbocycles. The number of allylic oxidation sites excluding steroid dienone is 2. The van der Waals surface area contributed by atoms with Crippen LogP contribution < -0.4 is 0 Å². The fourth-order valence-electron chi connectivity index (χ4n) is 2.36. The normalized spacial score (nSPS) is 16.5. The van der Waals surface area contributed by atoms with Crippen molar-refractivity contribution in [1.29, 1.82) is 0 Å². The molecule has 1 aliphatic rings. The van der Waals surface area contributed by atoms with Gasteiger partial charge in [0.25, 0.3) is 0 Å². The van der Waals surface area contributed by atoms with E-state index in [1.54, 1.807) is 6.08 Å². The number of rotatable bonds is 1. The Labute approximate surface area is 94.0 Å². The van der Waals surface area contributed by atoms with Crippen molar-refractivity contribution in [2.45, 2.75) is 19.3 Å². The van der Waals surface area contributed by atoms with Crippen molar-refractivity contribution in [3.05, 3.63) is 42.1 Å². The number of ketones is 1. The molecule has 0 saturated heterocycles. The maximum atomic E-state index is 11.4. The lowest BCUT2D eigenvalue weighted by atomic mass is 9.92. The van der Waals surface area contributed by atoms with Crippen molar-refractivity contribution < 1.29 is 4.79 Å². The van der Waals surface area contributed by atoms with Gasteiger partial charge in [0.2, 0.25) is 0 Å². The Morgan fingerprint density at radius 3 is 2.94 bits per heavy atom. The van der Waals surface area contributed by atoms with E-state index in [1.807, 2.05) is 12.3 Å². The average molecular weight is 211 g/mol. The number of fused-ring (bicyclic) bond motifs is 1. The van der Waals surface area contributed by atoms with E-state index >= 15 is 0 Å². The lowest BCUT2D eigenvalue weighted by molar-refractivity contribution is -0.114. The number of benzene rings is 1. The topological polar surface area (TPSA) is 32.9 Å². The number of aromatic nitrogens is 1. The summed E-state index contributed by atoms with van der Waals surface area (Å²) in [5, 5.41) is 1.21. The summed E-state index contributed by atoms with van der Waals surface area (Å²) in [4.78, 5) is 14.7. The number of hydrogen-bond acceptors (Lipinski definition) is 1. The van der Waals surface area contributed by atoms with E-state index in [-0.39, 0.29) is 5.78 Å². The van der Waals surface area contributed by atoms with Crippen LogP contribution in [0.2, 0.25) is 0 Å².